The first kappa shape index (κ1) is 16.1. The molecule has 0 amide bonds. The van der Waals surface area contributed by atoms with Crippen molar-refractivity contribution in [2.75, 3.05) is 7.11 Å². The molecular weight excluding hydrogens is 262 g/mol. The molecule has 5 N–H and O–H groups in total. The van der Waals surface area contributed by atoms with Crippen LogP contribution < -0.4 is 5.73 Å². The van der Waals surface area contributed by atoms with E-state index < -0.39 is 12.0 Å². The number of benzene rings is 1. The van der Waals surface area contributed by atoms with Crippen LogP contribution in [-0.4, -0.2) is 34.4 Å². The van der Waals surface area contributed by atoms with Crippen LogP contribution in [0.5, 0.6) is 17.2 Å². The van der Waals surface area contributed by atoms with Gasteiger partial charge in [0.25, 0.3) is 0 Å². The molecule has 1 rings (SSSR count). The fourth-order valence-corrected chi connectivity index (χ4v) is 2.21. The van der Waals surface area contributed by atoms with Crippen molar-refractivity contribution in [2.45, 2.75) is 32.2 Å². The number of hydrogen-bond acceptors (Lipinski definition) is 6. The molecule has 20 heavy (non-hydrogen) atoms. The Morgan fingerprint density at radius 1 is 1.25 bits per heavy atom. The Hall–Kier alpha value is -1.95. The van der Waals surface area contributed by atoms with Crippen LogP contribution in [0, 0.1) is 5.92 Å². The van der Waals surface area contributed by atoms with Crippen LogP contribution >= 0.6 is 0 Å². The minimum atomic E-state index is -0.751. The Kier molecular flexibility index (Phi) is 5.21. The van der Waals surface area contributed by atoms with Crippen LogP contribution in [0.4, 0.5) is 0 Å². The lowest BCUT2D eigenvalue weighted by Crippen LogP contribution is -2.34. The van der Waals surface area contributed by atoms with Gasteiger partial charge in [-0.15, -0.1) is 0 Å². The lowest BCUT2D eigenvalue weighted by atomic mass is 9.84. The van der Waals surface area contributed by atoms with Gasteiger partial charge in [-0.1, -0.05) is 13.8 Å². The van der Waals surface area contributed by atoms with Crippen LogP contribution in [0.2, 0.25) is 0 Å². The first-order chi connectivity index (χ1) is 9.27. The highest BCUT2D eigenvalue weighted by atomic mass is 16.5. The Morgan fingerprint density at radius 2 is 1.75 bits per heavy atom. The van der Waals surface area contributed by atoms with Gasteiger partial charge < -0.3 is 25.8 Å². The first-order valence-electron chi connectivity index (χ1n) is 6.36. The Labute approximate surface area is 117 Å². The van der Waals surface area contributed by atoms with Crippen molar-refractivity contribution in [1.29, 1.82) is 0 Å². The average molecular weight is 283 g/mol. The number of phenolic OH excluding ortho intramolecular Hbond substituents is 3. The second kappa shape index (κ2) is 6.47. The van der Waals surface area contributed by atoms with E-state index in [0.29, 0.717) is 12.0 Å². The average Bonchev–Trinajstić information content (AvgIpc) is 2.36. The molecule has 0 fully saturated rings. The van der Waals surface area contributed by atoms with E-state index in [9.17, 15) is 20.1 Å². The van der Waals surface area contributed by atoms with Gasteiger partial charge in [0.05, 0.1) is 7.11 Å². The summed E-state index contributed by atoms with van der Waals surface area (Å²) in [6.45, 7) is 3.67. The summed E-state index contributed by atoms with van der Waals surface area (Å²) in [5.41, 5.74) is 6.03. The van der Waals surface area contributed by atoms with Crippen molar-refractivity contribution in [3.05, 3.63) is 17.7 Å². The lowest BCUT2D eigenvalue weighted by molar-refractivity contribution is -0.142. The van der Waals surface area contributed by atoms with Gasteiger partial charge in [-0.3, -0.25) is 4.79 Å². The Balaban J connectivity index is 2.90. The quantitative estimate of drug-likeness (QED) is 0.608. The topological polar surface area (TPSA) is 113 Å². The molecule has 0 heterocycles. The predicted octanol–water partition coefficient (Wildman–Crippen LogP) is 1.43. The summed E-state index contributed by atoms with van der Waals surface area (Å²) < 4.78 is 4.57. The normalized spacial score (nSPS) is 15.4. The smallest absolute Gasteiger partial charge is 0.322 e. The van der Waals surface area contributed by atoms with Crippen molar-refractivity contribution in [3.63, 3.8) is 0 Å². The molecule has 0 aliphatic carbocycles. The molecule has 1 aromatic carbocycles. The second-order valence-corrected chi connectivity index (χ2v) is 5.03. The lowest BCUT2D eigenvalue weighted by Gasteiger charge is -2.24. The maximum absolute atomic E-state index is 11.3. The number of methoxy groups -OCH3 is 1. The number of ether oxygens (including phenoxy) is 1. The third-order valence-corrected chi connectivity index (χ3v) is 3.56. The summed E-state index contributed by atoms with van der Waals surface area (Å²) >= 11 is 0. The number of rotatable bonds is 5. The summed E-state index contributed by atoms with van der Waals surface area (Å²) in [5, 5.41) is 29.0. The van der Waals surface area contributed by atoms with Crippen LogP contribution in [0.25, 0.3) is 0 Å². The second-order valence-electron chi connectivity index (χ2n) is 5.03. The van der Waals surface area contributed by atoms with Crippen LogP contribution in [0.15, 0.2) is 12.1 Å². The molecule has 0 radical (unpaired) electrons. The minimum absolute atomic E-state index is 0.0783. The summed E-state index contributed by atoms with van der Waals surface area (Å²) in [6.07, 6.45) is 0.355. The van der Waals surface area contributed by atoms with E-state index in [0.717, 1.165) is 0 Å². The fourth-order valence-electron chi connectivity index (χ4n) is 2.21. The summed E-state index contributed by atoms with van der Waals surface area (Å²) in [7, 11) is 1.27. The van der Waals surface area contributed by atoms with E-state index in [1.165, 1.54) is 19.2 Å². The maximum atomic E-state index is 11.3. The van der Waals surface area contributed by atoms with Crippen molar-refractivity contribution in [3.8, 4) is 17.2 Å². The predicted molar refractivity (Wildman–Crippen MR) is 73.6 cm³/mol. The molecule has 0 saturated heterocycles. The standard InChI is InChI=1S/C14H21NO5/c1-7(4-10(15)14(19)20-3)8(2)13-11(17)5-9(16)6-12(13)18/h5-8,10,16-18H,4,15H2,1-3H3. The number of hydrogen-bond donors (Lipinski definition) is 4. The van der Waals surface area contributed by atoms with Gasteiger partial charge in [-0.05, 0) is 18.3 Å². The summed E-state index contributed by atoms with van der Waals surface area (Å²) in [6, 6.07) is 1.58. The largest absolute Gasteiger partial charge is 0.508 e. The van der Waals surface area contributed by atoms with Crippen LogP contribution in [0.1, 0.15) is 31.7 Å². The van der Waals surface area contributed by atoms with Crippen molar-refractivity contribution in [2.24, 2.45) is 11.7 Å². The number of phenols is 3. The number of nitrogens with two attached hydrogens (primary N) is 1. The van der Waals surface area contributed by atoms with Gasteiger partial charge in [0.1, 0.15) is 23.3 Å². The summed E-state index contributed by atoms with van der Waals surface area (Å²) in [5.74, 6) is -1.41. The van der Waals surface area contributed by atoms with E-state index in [1.54, 1.807) is 6.92 Å². The molecule has 6 nitrogen and oxygen atoms in total. The van der Waals surface area contributed by atoms with Gasteiger partial charge >= 0.3 is 5.97 Å². The van der Waals surface area contributed by atoms with Gasteiger partial charge in [0, 0.05) is 17.7 Å². The molecule has 0 spiro atoms. The molecule has 0 aliphatic heterocycles. The third-order valence-electron chi connectivity index (χ3n) is 3.56. The fraction of sp³-hybridized carbons (Fsp3) is 0.500. The van der Waals surface area contributed by atoms with Crippen LogP contribution in [0.3, 0.4) is 0 Å². The molecule has 3 unspecified atom stereocenters. The van der Waals surface area contributed by atoms with E-state index >= 15 is 0 Å². The molecule has 0 saturated carbocycles. The molecule has 112 valence electrons. The van der Waals surface area contributed by atoms with Crippen LogP contribution in [-0.2, 0) is 9.53 Å². The highest BCUT2D eigenvalue weighted by Gasteiger charge is 2.25. The molecule has 1 aromatic rings. The van der Waals surface area contributed by atoms with E-state index in [-0.39, 0.29) is 29.1 Å². The zero-order valence-corrected chi connectivity index (χ0v) is 11.8. The number of carbonyl (C=O) groups excluding carboxylic acids is 1. The molecular formula is C14H21NO5. The number of aromatic hydroxyl groups is 3. The first-order valence-corrected chi connectivity index (χ1v) is 6.36. The van der Waals surface area contributed by atoms with E-state index in [1.807, 2.05) is 6.92 Å². The molecule has 6 heteroatoms. The zero-order valence-electron chi connectivity index (χ0n) is 11.8. The highest BCUT2D eigenvalue weighted by molar-refractivity contribution is 5.75. The molecule has 3 atom stereocenters. The van der Waals surface area contributed by atoms with Gasteiger partial charge in [-0.25, -0.2) is 0 Å². The zero-order chi connectivity index (χ0) is 15.4. The number of carbonyl (C=O) groups is 1. The molecule has 0 bridgehead atoms. The maximum Gasteiger partial charge on any atom is 0.322 e. The van der Waals surface area contributed by atoms with Crippen molar-refractivity contribution >= 4 is 5.97 Å². The van der Waals surface area contributed by atoms with Crippen molar-refractivity contribution < 1.29 is 24.9 Å². The van der Waals surface area contributed by atoms with Gasteiger partial charge in [0.15, 0.2) is 0 Å². The van der Waals surface area contributed by atoms with Crippen molar-refractivity contribution in [1.82, 2.24) is 0 Å². The van der Waals surface area contributed by atoms with Gasteiger partial charge in [-0.2, -0.15) is 0 Å². The summed E-state index contributed by atoms with van der Waals surface area (Å²) in [4.78, 5) is 11.3. The molecule has 0 aliphatic rings. The number of esters is 1. The van der Waals surface area contributed by atoms with E-state index in [4.69, 9.17) is 5.73 Å². The molecule has 0 aromatic heterocycles. The third kappa shape index (κ3) is 3.54. The Bertz CT molecular complexity index is 465. The monoisotopic (exact) mass is 283 g/mol. The van der Waals surface area contributed by atoms with Gasteiger partial charge in [0.2, 0.25) is 0 Å². The highest BCUT2D eigenvalue weighted by Crippen LogP contribution is 2.41. The van der Waals surface area contributed by atoms with E-state index in [2.05, 4.69) is 4.74 Å². The minimum Gasteiger partial charge on any atom is -0.508 e. The SMILES string of the molecule is COC(=O)C(N)CC(C)C(C)c1c(O)cc(O)cc1O. The Morgan fingerprint density at radius 3 is 2.20 bits per heavy atom.